The minimum absolute atomic E-state index is 0.550. The predicted molar refractivity (Wildman–Crippen MR) is 58.7 cm³/mol. The van der Waals surface area contributed by atoms with Gasteiger partial charge in [0.25, 0.3) is 0 Å². The first-order valence-electron chi connectivity index (χ1n) is 4.27. The van der Waals surface area contributed by atoms with E-state index in [0.29, 0.717) is 5.88 Å². The zero-order valence-corrected chi connectivity index (χ0v) is 9.05. The highest BCUT2D eigenvalue weighted by Gasteiger charge is 2.01. The van der Waals surface area contributed by atoms with Crippen LogP contribution in [-0.4, -0.2) is 9.97 Å². The van der Waals surface area contributed by atoms with Gasteiger partial charge in [0.15, 0.2) is 0 Å². The van der Waals surface area contributed by atoms with Crippen LogP contribution in [0.1, 0.15) is 15.4 Å². The number of thiazole rings is 1. The Kier molecular flexibility index (Phi) is 3.11. The molecule has 0 aliphatic heterocycles. The smallest absolute Gasteiger partial charge is 0.0971 e. The van der Waals surface area contributed by atoms with E-state index in [1.165, 1.54) is 5.56 Å². The van der Waals surface area contributed by atoms with Crippen LogP contribution in [0.15, 0.2) is 30.7 Å². The molecule has 0 aliphatic rings. The third-order valence-corrected chi connectivity index (χ3v) is 3.28. The van der Waals surface area contributed by atoms with Crippen LogP contribution in [0.4, 0.5) is 0 Å². The van der Waals surface area contributed by atoms with E-state index >= 15 is 0 Å². The summed E-state index contributed by atoms with van der Waals surface area (Å²) in [7, 11) is 0. The van der Waals surface area contributed by atoms with Crippen LogP contribution in [0.5, 0.6) is 0 Å². The molecule has 2 heterocycles. The molecule has 2 aromatic rings. The number of nitrogens with zero attached hydrogens (tertiary/aromatic N) is 2. The molecule has 2 nitrogen and oxygen atoms in total. The third kappa shape index (κ3) is 2.30. The van der Waals surface area contributed by atoms with Crippen LogP contribution in [0, 0.1) is 0 Å². The topological polar surface area (TPSA) is 25.8 Å². The lowest BCUT2D eigenvalue weighted by atomic mass is 10.2. The molecule has 0 aliphatic carbocycles. The van der Waals surface area contributed by atoms with Gasteiger partial charge in [-0.3, -0.25) is 4.98 Å². The van der Waals surface area contributed by atoms with Gasteiger partial charge in [0, 0.05) is 29.9 Å². The molecular formula is C10H9ClN2S. The number of alkyl halides is 1. The Balaban J connectivity index is 2.11. The highest BCUT2D eigenvalue weighted by molar-refractivity contribution is 7.11. The minimum atomic E-state index is 0.550. The molecule has 0 unspecified atom stereocenters. The maximum Gasteiger partial charge on any atom is 0.0971 e. The lowest BCUT2D eigenvalue weighted by Gasteiger charge is -1.95. The lowest BCUT2D eigenvalue weighted by molar-refractivity contribution is 1.12. The zero-order chi connectivity index (χ0) is 9.80. The maximum atomic E-state index is 5.70. The molecule has 4 heteroatoms. The van der Waals surface area contributed by atoms with Gasteiger partial charge in [-0.1, -0.05) is 0 Å². The van der Waals surface area contributed by atoms with Crippen LogP contribution < -0.4 is 0 Å². The van der Waals surface area contributed by atoms with E-state index in [4.69, 9.17) is 11.6 Å². The van der Waals surface area contributed by atoms with Crippen LogP contribution in [0.25, 0.3) is 0 Å². The molecule has 0 aromatic carbocycles. The number of rotatable bonds is 3. The van der Waals surface area contributed by atoms with E-state index in [-0.39, 0.29) is 0 Å². The van der Waals surface area contributed by atoms with E-state index in [1.54, 1.807) is 23.7 Å². The molecule has 0 fully saturated rings. The summed E-state index contributed by atoms with van der Waals surface area (Å²) in [6, 6.07) is 4.00. The largest absolute Gasteiger partial charge is 0.265 e. The van der Waals surface area contributed by atoms with Crippen molar-refractivity contribution >= 4 is 22.9 Å². The number of pyridine rings is 1. The van der Waals surface area contributed by atoms with Crippen molar-refractivity contribution in [1.29, 1.82) is 0 Å². The summed E-state index contributed by atoms with van der Waals surface area (Å²) < 4.78 is 0. The molecule has 0 amide bonds. The van der Waals surface area contributed by atoms with E-state index in [1.807, 2.05) is 18.3 Å². The first-order chi connectivity index (χ1) is 6.88. The van der Waals surface area contributed by atoms with Crippen molar-refractivity contribution in [3.05, 3.63) is 46.2 Å². The molecule has 14 heavy (non-hydrogen) atoms. The van der Waals surface area contributed by atoms with Crippen LogP contribution in [0.2, 0.25) is 0 Å². The number of halogens is 1. The Morgan fingerprint density at radius 3 is 2.71 bits per heavy atom. The second kappa shape index (κ2) is 4.53. The summed E-state index contributed by atoms with van der Waals surface area (Å²) in [5, 5.41) is 1.10. The number of aromatic nitrogens is 2. The Hall–Kier alpha value is -0.930. The van der Waals surface area contributed by atoms with Gasteiger partial charge in [-0.05, 0) is 17.7 Å². The molecule has 0 saturated heterocycles. The summed E-state index contributed by atoms with van der Waals surface area (Å²) >= 11 is 7.37. The fourth-order valence-corrected chi connectivity index (χ4v) is 2.21. The highest BCUT2D eigenvalue weighted by Crippen LogP contribution is 2.17. The van der Waals surface area contributed by atoms with E-state index < -0.39 is 0 Å². The zero-order valence-electron chi connectivity index (χ0n) is 7.48. The standard InChI is InChI=1S/C10H9ClN2S/c11-6-9-7-13-10(14-9)5-8-1-3-12-4-2-8/h1-4,7H,5-6H2. The first-order valence-corrected chi connectivity index (χ1v) is 5.62. The second-order valence-corrected chi connectivity index (χ2v) is 4.35. The molecule has 0 bridgehead atoms. The molecule has 2 aromatic heterocycles. The van der Waals surface area contributed by atoms with Crippen molar-refractivity contribution in [2.24, 2.45) is 0 Å². The number of hydrogen-bond donors (Lipinski definition) is 0. The van der Waals surface area contributed by atoms with Gasteiger partial charge in [0.2, 0.25) is 0 Å². The van der Waals surface area contributed by atoms with Gasteiger partial charge >= 0.3 is 0 Å². The lowest BCUT2D eigenvalue weighted by Crippen LogP contribution is -1.85. The molecule has 0 spiro atoms. The summed E-state index contributed by atoms with van der Waals surface area (Å²) in [6.07, 6.45) is 6.30. The quantitative estimate of drug-likeness (QED) is 0.750. The van der Waals surface area contributed by atoms with E-state index in [2.05, 4.69) is 9.97 Å². The third-order valence-electron chi connectivity index (χ3n) is 1.84. The average molecular weight is 225 g/mol. The van der Waals surface area contributed by atoms with Crippen molar-refractivity contribution in [3.63, 3.8) is 0 Å². The van der Waals surface area contributed by atoms with Crippen LogP contribution in [0.3, 0.4) is 0 Å². The van der Waals surface area contributed by atoms with Gasteiger partial charge in [0.05, 0.1) is 10.9 Å². The summed E-state index contributed by atoms with van der Waals surface area (Å²) in [5.41, 5.74) is 1.23. The molecule has 72 valence electrons. The van der Waals surface area contributed by atoms with Crippen LogP contribution >= 0.6 is 22.9 Å². The van der Waals surface area contributed by atoms with Gasteiger partial charge < -0.3 is 0 Å². The normalized spacial score (nSPS) is 10.4. The van der Waals surface area contributed by atoms with Gasteiger partial charge in [-0.15, -0.1) is 22.9 Å². The van der Waals surface area contributed by atoms with Crippen molar-refractivity contribution in [1.82, 2.24) is 9.97 Å². The number of hydrogen-bond acceptors (Lipinski definition) is 3. The summed E-state index contributed by atoms with van der Waals surface area (Å²) in [5.74, 6) is 0.550. The molecule has 0 radical (unpaired) electrons. The molecule has 0 saturated carbocycles. The van der Waals surface area contributed by atoms with Crippen molar-refractivity contribution in [3.8, 4) is 0 Å². The minimum Gasteiger partial charge on any atom is -0.265 e. The van der Waals surface area contributed by atoms with Gasteiger partial charge in [0.1, 0.15) is 0 Å². The second-order valence-electron chi connectivity index (χ2n) is 2.89. The van der Waals surface area contributed by atoms with Gasteiger partial charge in [-0.2, -0.15) is 0 Å². The fourth-order valence-electron chi connectivity index (χ4n) is 1.17. The van der Waals surface area contributed by atoms with E-state index in [9.17, 15) is 0 Å². The molecule has 2 rings (SSSR count). The molecule has 0 atom stereocenters. The predicted octanol–water partition coefficient (Wildman–Crippen LogP) is 2.87. The Labute approximate surface area is 91.6 Å². The highest BCUT2D eigenvalue weighted by atomic mass is 35.5. The Bertz CT molecular complexity index is 400. The first kappa shape index (κ1) is 9.62. The Morgan fingerprint density at radius 1 is 1.29 bits per heavy atom. The summed E-state index contributed by atoms with van der Waals surface area (Å²) in [4.78, 5) is 9.39. The summed E-state index contributed by atoms with van der Waals surface area (Å²) in [6.45, 7) is 0. The van der Waals surface area contributed by atoms with E-state index in [0.717, 1.165) is 16.3 Å². The average Bonchev–Trinajstić information content (AvgIpc) is 2.67. The Morgan fingerprint density at radius 2 is 2.07 bits per heavy atom. The fraction of sp³-hybridized carbons (Fsp3) is 0.200. The SMILES string of the molecule is ClCc1cnc(Cc2ccncc2)s1. The van der Waals surface area contributed by atoms with Gasteiger partial charge in [-0.25, -0.2) is 4.98 Å². The monoisotopic (exact) mass is 224 g/mol. The van der Waals surface area contributed by atoms with Crippen molar-refractivity contribution in [2.45, 2.75) is 12.3 Å². The van der Waals surface area contributed by atoms with Crippen LogP contribution in [-0.2, 0) is 12.3 Å². The molecular weight excluding hydrogens is 216 g/mol. The van der Waals surface area contributed by atoms with Crippen molar-refractivity contribution < 1.29 is 0 Å². The maximum absolute atomic E-state index is 5.70. The van der Waals surface area contributed by atoms with Crippen molar-refractivity contribution in [2.75, 3.05) is 0 Å². The molecule has 0 N–H and O–H groups in total.